The summed E-state index contributed by atoms with van der Waals surface area (Å²) in [6.45, 7) is 18.4. The van der Waals surface area contributed by atoms with Crippen molar-refractivity contribution in [3.05, 3.63) is 113 Å². The maximum Gasteiger partial charge on any atom is 0.211 e. The minimum atomic E-state index is 0.470. The summed E-state index contributed by atoms with van der Waals surface area (Å²) in [7, 11) is 0. The second-order valence-electron chi connectivity index (χ2n) is 11.2. The van der Waals surface area contributed by atoms with Gasteiger partial charge in [0.05, 0.1) is 0 Å². The van der Waals surface area contributed by atoms with Crippen LogP contribution in [0.5, 0.6) is 0 Å². The predicted octanol–water partition coefficient (Wildman–Crippen LogP) is 7.82. The van der Waals surface area contributed by atoms with Gasteiger partial charge in [0.2, 0.25) is 6.71 Å². The van der Waals surface area contributed by atoms with Crippen LogP contribution >= 0.6 is 0 Å². The minimum Gasteiger partial charge on any atom is -0.346 e. The molecule has 4 aromatic rings. The number of H-pyrrole nitrogens is 1. The molecule has 0 spiro atoms. The topological polar surface area (TPSA) is 28.7 Å². The molecule has 194 valence electrons. The summed E-state index contributed by atoms with van der Waals surface area (Å²) >= 11 is 0. The van der Waals surface area contributed by atoms with E-state index in [1.807, 2.05) is 13.1 Å². The number of hydrogen-bond acceptors (Lipinski definition) is 1. The predicted molar refractivity (Wildman–Crippen MR) is 163 cm³/mol. The third-order valence-electron chi connectivity index (χ3n) is 7.07. The van der Waals surface area contributed by atoms with E-state index >= 15 is 0 Å². The van der Waals surface area contributed by atoms with E-state index in [-0.39, 0.29) is 0 Å². The van der Waals surface area contributed by atoms with Crippen molar-refractivity contribution in [3.63, 3.8) is 0 Å². The molecule has 0 amide bonds. The molecule has 0 saturated heterocycles. The molecule has 37 heavy (non-hydrogen) atoms. The SMILES string of the molecule is CC(C)B(c1cccc(C(C)C)c1)c1cccc(C(C)C)c1.CCc1cccc(Cc2ncc(C)[nH]2)c1. The lowest BCUT2D eigenvalue weighted by molar-refractivity contribution is 0.867. The van der Waals surface area contributed by atoms with E-state index < -0.39 is 0 Å². The summed E-state index contributed by atoms with van der Waals surface area (Å²) < 4.78 is 0. The summed E-state index contributed by atoms with van der Waals surface area (Å²) in [6, 6.07) is 27.0. The van der Waals surface area contributed by atoms with Crippen LogP contribution in [0.25, 0.3) is 0 Å². The van der Waals surface area contributed by atoms with Gasteiger partial charge in [-0.1, -0.05) is 138 Å². The van der Waals surface area contributed by atoms with Gasteiger partial charge in [0.15, 0.2) is 0 Å². The highest BCUT2D eigenvalue weighted by Crippen LogP contribution is 2.17. The number of nitrogens with zero attached hydrogens (tertiary/aromatic N) is 1. The molecule has 0 radical (unpaired) electrons. The van der Waals surface area contributed by atoms with Crippen LogP contribution in [0.1, 0.15) is 94.1 Å². The summed E-state index contributed by atoms with van der Waals surface area (Å²) in [5.74, 6) is 2.79. The van der Waals surface area contributed by atoms with Gasteiger partial charge in [-0.3, -0.25) is 0 Å². The molecule has 1 aromatic heterocycles. The normalized spacial score (nSPS) is 11.1. The van der Waals surface area contributed by atoms with Crippen molar-refractivity contribution in [1.29, 1.82) is 0 Å². The van der Waals surface area contributed by atoms with Gasteiger partial charge in [-0.25, -0.2) is 4.98 Å². The Kier molecular flexibility index (Phi) is 10.4. The van der Waals surface area contributed by atoms with Crippen LogP contribution in [0, 0.1) is 6.92 Å². The number of aryl methyl sites for hydroxylation is 2. The van der Waals surface area contributed by atoms with E-state index in [0.717, 1.165) is 24.4 Å². The van der Waals surface area contributed by atoms with Crippen LogP contribution < -0.4 is 10.9 Å². The minimum absolute atomic E-state index is 0.470. The maximum absolute atomic E-state index is 4.31. The van der Waals surface area contributed by atoms with E-state index in [2.05, 4.69) is 131 Å². The Morgan fingerprint density at radius 1 is 0.730 bits per heavy atom. The van der Waals surface area contributed by atoms with Gasteiger partial charge in [0.25, 0.3) is 0 Å². The zero-order valence-electron chi connectivity index (χ0n) is 24.2. The van der Waals surface area contributed by atoms with Gasteiger partial charge in [-0.05, 0) is 47.4 Å². The van der Waals surface area contributed by atoms with Crippen molar-refractivity contribution < 1.29 is 0 Å². The Morgan fingerprint density at radius 3 is 1.73 bits per heavy atom. The van der Waals surface area contributed by atoms with Gasteiger partial charge in [-0.15, -0.1) is 0 Å². The third-order valence-corrected chi connectivity index (χ3v) is 7.07. The van der Waals surface area contributed by atoms with Crippen molar-refractivity contribution in [2.45, 2.75) is 85.9 Å². The Hall–Kier alpha value is -3.07. The molecular weight excluding hydrogens is 447 g/mol. The molecule has 0 saturated carbocycles. The molecule has 0 fully saturated rings. The first-order valence-electron chi connectivity index (χ1n) is 14.0. The number of aromatic amines is 1. The zero-order valence-corrected chi connectivity index (χ0v) is 24.2. The van der Waals surface area contributed by atoms with Crippen molar-refractivity contribution >= 4 is 17.6 Å². The highest BCUT2D eigenvalue weighted by atomic mass is 14.9. The van der Waals surface area contributed by atoms with Crippen LogP contribution in [0.15, 0.2) is 79.0 Å². The maximum atomic E-state index is 4.31. The fourth-order valence-electron chi connectivity index (χ4n) is 4.90. The second kappa shape index (κ2) is 13.5. The molecule has 2 nitrogen and oxygen atoms in total. The van der Waals surface area contributed by atoms with Crippen molar-refractivity contribution in [3.8, 4) is 0 Å². The first kappa shape index (κ1) is 28.5. The summed E-state index contributed by atoms with van der Waals surface area (Å²) in [4.78, 5) is 7.56. The standard InChI is InChI=1S/C21H29B.C13H16N2/c1-15(2)18-9-7-11-20(13-18)22(17(5)6)21-12-8-10-19(14-21)16(3)4;1-3-11-5-4-6-12(7-11)8-13-14-9-10(2)15-13/h7-17H,1-6H3;4-7,9H,3,8H2,1-2H3,(H,14,15). The molecular formula is C34H45BN2. The van der Waals surface area contributed by atoms with E-state index in [9.17, 15) is 0 Å². The van der Waals surface area contributed by atoms with Gasteiger partial charge in [0, 0.05) is 18.3 Å². The van der Waals surface area contributed by atoms with Crippen LogP contribution in [0.3, 0.4) is 0 Å². The zero-order chi connectivity index (χ0) is 26.9. The number of rotatable bonds is 8. The van der Waals surface area contributed by atoms with Gasteiger partial charge < -0.3 is 4.98 Å². The van der Waals surface area contributed by atoms with Gasteiger partial charge in [-0.2, -0.15) is 0 Å². The third kappa shape index (κ3) is 8.22. The largest absolute Gasteiger partial charge is 0.346 e. The monoisotopic (exact) mass is 492 g/mol. The number of benzene rings is 3. The smallest absolute Gasteiger partial charge is 0.211 e. The lowest BCUT2D eigenvalue weighted by atomic mass is 9.34. The molecule has 0 aliphatic rings. The van der Waals surface area contributed by atoms with Crippen LogP contribution in [0.4, 0.5) is 0 Å². The number of imidazole rings is 1. The highest BCUT2D eigenvalue weighted by molar-refractivity contribution is 6.86. The molecule has 0 aliphatic heterocycles. The van der Waals surface area contributed by atoms with E-state index in [4.69, 9.17) is 0 Å². The van der Waals surface area contributed by atoms with Gasteiger partial charge >= 0.3 is 0 Å². The first-order valence-corrected chi connectivity index (χ1v) is 14.0. The fourth-order valence-corrected chi connectivity index (χ4v) is 4.90. The molecule has 0 aliphatic carbocycles. The molecule has 1 heterocycles. The fraction of sp³-hybridized carbons (Fsp3) is 0.382. The highest BCUT2D eigenvalue weighted by Gasteiger charge is 2.23. The number of aromatic nitrogens is 2. The molecule has 0 bridgehead atoms. The molecule has 4 rings (SSSR count). The lowest BCUT2D eigenvalue weighted by Gasteiger charge is -2.21. The first-order chi connectivity index (χ1) is 17.7. The van der Waals surface area contributed by atoms with Crippen LogP contribution in [-0.4, -0.2) is 16.7 Å². The average molecular weight is 493 g/mol. The Bertz CT molecular complexity index is 1200. The van der Waals surface area contributed by atoms with E-state index in [1.165, 1.54) is 33.2 Å². The number of nitrogens with one attached hydrogen (secondary N) is 1. The quantitative estimate of drug-likeness (QED) is 0.250. The van der Waals surface area contributed by atoms with Crippen LogP contribution in [-0.2, 0) is 12.8 Å². The summed E-state index contributed by atoms with van der Waals surface area (Å²) in [6.07, 6.45) is 3.85. The molecule has 3 aromatic carbocycles. The van der Waals surface area contributed by atoms with Crippen molar-refractivity contribution in [2.75, 3.05) is 0 Å². The van der Waals surface area contributed by atoms with E-state index in [0.29, 0.717) is 24.4 Å². The van der Waals surface area contributed by atoms with Crippen molar-refractivity contribution in [1.82, 2.24) is 9.97 Å². The Morgan fingerprint density at radius 2 is 1.27 bits per heavy atom. The molecule has 3 heteroatoms. The second-order valence-corrected chi connectivity index (χ2v) is 11.2. The van der Waals surface area contributed by atoms with Gasteiger partial charge in [0.1, 0.15) is 5.82 Å². The van der Waals surface area contributed by atoms with E-state index in [1.54, 1.807) is 0 Å². The average Bonchev–Trinajstić information content (AvgIpc) is 3.29. The summed E-state index contributed by atoms with van der Waals surface area (Å²) in [5.41, 5.74) is 9.59. The number of hydrogen-bond donors (Lipinski definition) is 1. The van der Waals surface area contributed by atoms with Crippen LogP contribution in [0.2, 0.25) is 5.82 Å². The molecule has 1 N–H and O–H groups in total. The van der Waals surface area contributed by atoms with Crippen molar-refractivity contribution in [2.24, 2.45) is 0 Å². The lowest BCUT2D eigenvalue weighted by Crippen LogP contribution is -2.44. The molecule has 0 atom stereocenters. The Balaban J connectivity index is 0.000000220. The Labute approximate surface area is 226 Å². The molecule has 0 unspecified atom stereocenters. The summed E-state index contributed by atoms with van der Waals surface area (Å²) in [5, 5.41) is 0.